The number of carbonyl (C=O) groups excluding carboxylic acids is 1. The fourth-order valence-electron chi connectivity index (χ4n) is 2.60. The third-order valence-electron chi connectivity index (χ3n) is 3.77. The molecule has 3 rings (SSSR count). The Morgan fingerprint density at radius 1 is 1.43 bits per heavy atom. The van der Waals surface area contributed by atoms with Gasteiger partial charge >= 0.3 is 0 Å². The van der Waals surface area contributed by atoms with Crippen LogP contribution in [0.5, 0.6) is 5.88 Å². The molecule has 0 saturated carbocycles. The van der Waals surface area contributed by atoms with E-state index in [0.717, 1.165) is 12.0 Å². The van der Waals surface area contributed by atoms with Gasteiger partial charge in [-0.25, -0.2) is 4.98 Å². The minimum absolute atomic E-state index is 0.0565. The van der Waals surface area contributed by atoms with Gasteiger partial charge in [-0.1, -0.05) is 23.8 Å². The zero-order chi connectivity index (χ0) is 16.2. The number of aromatic nitrogens is 1. The second-order valence-corrected chi connectivity index (χ2v) is 6.78. The molecule has 1 atom stereocenters. The van der Waals surface area contributed by atoms with Crippen molar-refractivity contribution in [3.8, 4) is 5.88 Å². The highest BCUT2D eigenvalue weighted by atomic mass is 32.2. The van der Waals surface area contributed by atoms with E-state index in [2.05, 4.69) is 35.4 Å². The van der Waals surface area contributed by atoms with Crippen LogP contribution in [0.1, 0.15) is 23.6 Å². The number of nitrogens with zero attached hydrogens (tertiary/aromatic N) is 1. The van der Waals surface area contributed by atoms with Gasteiger partial charge in [-0.05, 0) is 38.0 Å². The van der Waals surface area contributed by atoms with Gasteiger partial charge in [-0.3, -0.25) is 4.79 Å². The fraction of sp³-hybridized carbons (Fsp3) is 0.333. The molecule has 5 heteroatoms. The molecule has 0 aliphatic carbocycles. The minimum Gasteiger partial charge on any atom is -0.478 e. The van der Waals surface area contributed by atoms with Crippen molar-refractivity contribution in [2.45, 2.75) is 37.0 Å². The van der Waals surface area contributed by atoms with E-state index in [1.807, 2.05) is 19.1 Å². The molecule has 1 N–H and O–H groups in total. The van der Waals surface area contributed by atoms with Crippen LogP contribution in [0, 0.1) is 6.92 Å². The predicted octanol–water partition coefficient (Wildman–Crippen LogP) is 3.12. The number of fused-ring (bicyclic) bond motifs is 1. The van der Waals surface area contributed by atoms with Gasteiger partial charge in [0, 0.05) is 23.2 Å². The Bertz CT molecular complexity index is 718. The summed E-state index contributed by atoms with van der Waals surface area (Å²) in [5.41, 5.74) is 3.39. The maximum atomic E-state index is 12.4. The van der Waals surface area contributed by atoms with Crippen molar-refractivity contribution in [3.05, 3.63) is 53.2 Å². The molecule has 0 fully saturated rings. The van der Waals surface area contributed by atoms with Crippen LogP contribution in [0.3, 0.4) is 0 Å². The summed E-state index contributed by atoms with van der Waals surface area (Å²) in [5.74, 6) is 0.656. The molecule has 1 aromatic heterocycles. The van der Waals surface area contributed by atoms with E-state index in [4.69, 9.17) is 4.74 Å². The van der Waals surface area contributed by atoms with Crippen LogP contribution < -0.4 is 10.1 Å². The zero-order valence-corrected chi connectivity index (χ0v) is 14.2. The quantitative estimate of drug-likeness (QED) is 0.916. The Kier molecular flexibility index (Phi) is 4.86. The lowest BCUT2D eigenvalue weighted by Gasteiger charge is -2.12. The Morgan fingerprint density at radius 3 is 3.13 bits per heavy atom. The molecule has 4 nitrogen and oxygen atoms in total. The fourth-order valence-corrected chi connectivity index (χ4v) is 3.92. The van der Waals surface area contributed by atoms with Gasteiger partial charge in [0.15, 0.2) is 0 Å². The summed E-state index contributed by atoms with van der Waals surface area (Å²) >= 11 is 1.65. The molecule has 1 aliphatic heterocycles. The van der Waals surface area contributed by atoms with Crippen LogP contribution in [0.25, 0.3) is 0 Å². The zero-order valence-electron chi connectivity index (χ0n) is 13.3. The van der Waals surface area contributed by atoms with Gasteiger partial charge in [0.05, 0.1) is 11.9 Å². The van der Waals surface area contributed by atoms with Crippen molar-refractivity contribution in [3.63, 3.8) is 0 Å². The van der Waals surface area contributed by atoms with Crippen LogP contribution in [0.15, 0.2) is 41.4 Å². The molecule has 0 unspecified atom stereocenters. The summed E-state index contributed by atoms with van der Waals surface area (Å²) in [6.07, 6.45) is 2.49. The van der Waals surface area contributed by atoms with E-state index in [1.54, 1.807) is 18.0 Å². The van der Waals surface area contributed by atoms with E-state index in [-0.39, 0.29) is 11.2 Å². The Labute approximate surface area is 140 Å². The summed E-state index contributed by atoms with van der Waals surface area (Å²) < 4.78 is 5.49. The van der Waals surface area contributed by atoms with Crippen LogP contribution in [0.2, 0.25) is 0 Å². The average Bonchev–Trinajstić information content (AvgIpc) is 2.97. The van der Waals surface area contributed by atoms with Crippen molar-refractivity contribution in [2.24, 2.45) is 0 Å². The first-order chi connectivity index (χ1) is 11.2. The number of hydrogen-bond acceptors (Lipinski definition) is 4. The number of carbonyl (C=O) groups is 1. The Morgan fingerprint density at radius 2 is 2.30 bits per heavy atom. The van der Waals surface area contributed by atoms with Crippen molar-refractivity contribution >= 4 is 17.7 Å². The number of pyridine rings is 1. The lowest BCUT2D eigenvalue weighted by molar-refractivity contribution is -0.120. The van der Waals surface area contributed by atoms with Crippen LogP contribution in [0.4, 0.5) is 0 Å². The predicted molar refractivity (Wildman–Crippen MR) is 91.8 cm³/mol. The van der Waals surface area contributed by atoms with E-state index in [9.17, 15) is 4.79 Å². The standard InChI is InChI=1S/C18H20N2O2S/c1-3-22-18-14(5-4-8-19-18)11-20-17(21)16-10-13-7-6-12(2)9-15(13)23-16/h4-9,16H,3,10-11H2,1-2H3,(H,20,21)/t16-/m0/s1. The third-order valence-corrected chi connectivity index (χ3v) is 5.07. The Hall–Kier alpha value is -2.01. The molecule has 0 saturated heterocycles. The molecule has 1 aliphatic rings. The first kappa shape index (κ1) is 15.9. The first-order valence-electron chi connectivity index (χ1n) is 7.78. The van der Waals surface area contributed by atoms with Gasteiger partial charge in [-0.15, -0.1) is 11.8 Å². The lowest BCUT2D eigenvalue weighted by atomic mass is 10.1. The number of nitrogens with one attached hydrogen (secondary N) is 1. The number of hydrogen-bond donors (Lipinski definition) is 1. The van der Waals surface area contributed by atoms with Gasteiger partial charge in [0.2, 0.25) is 11.8 Å². The van der Waals surface area contributed by atoms with E-state index >= 15 is 0 Å². The number of aryl methyl sites for hydroxylation is 1. The summed E-state index contributed by atoms with van der Waals surface area (Å²) in [5, 5.41) is 2.95. The Balaban J connectivity index is 1.61. The van der Waals surface area contributed by atoms with Gasteiger partial charge in [-0.2, -0.15) is 0 Å². The molecule has 2 heterocycles. The molecular weight excluding hydrogens is 308 g/mol. The maximum Gasteiger partial charge on any atom is 0.234 e. The van der Waals surface area contributed by atoms with Crippen LogP contribution in [-0.4, -0.2) is 22.7 Å². The van der Waals surface area contributed by atoms with Crippen LogP contribution in [-0.2, 0) is 17.8 Å². The van der Waals surface area contributed by atoms with Crippen molar-refractivity contribution in [1.29, 1.82) is 0 Å². The van der Waals surface area contributed by atoms with Crippen molar-refractivity contribution in [2.75, 3.05) is 6.61 Å². The number of ether oxygens (including phenoxy) is 1. The highest BCUT2D eigenvalue weighted by molar-refractivity contribution is 8.01. The summed E-state index contributed by atoms with van der Waals surface area (Å²) in [7, 11) is 0. The molecule has 0 spiro atoms. The number of thioether (sulfide) groups is 1. The molecular formula is C18H20N2O2S. The molecule has 2 aromatic rings. The smallest absolute Gasteiger partial charge is 0.234 e. The number of rotatable bonds is 5. The largest absolute Gasteiger partial charge is 0.478 e. The van der Waals surface area contributed by atoms with Gasteiger partial charge < -0.3 is 10.1 Å². The molecule has 120 valence electrons. The van der Waals surface area contributed by atoms with Crippen molar-refractivity contribution < 1.29 is 9.53 Å². The first-order valence-corrected chi connectivity index (χ1v) is 8.66. The van der Waals surface area contributed by atoms with Crippen LogP contribution >= 0.6 is 11.8 Å². The summed E-state index contributed by atoms with van der Waals surface area (Å²) in [4.78, 5) is 17.9. The highest BCUT2D eigenvalue weighted by Crippen LogP contribution is 2.37. The molecule has 0 radical (unpaired) electrons. The topological polar surface area (TPSA) is 51.2 Å². The van der Waals surface area contributed by atoms with Crippen molar-refractivity contribution in [1.82, 2.24) is 10.3 Å². The molecule has 23 heavy (non-hydrogen) atoms. The lowest BCUT2D eigenvalue weighted by Crippen LogP contribution is -2.32. The summed E-state index contributed by atoms with van der Waals surface area (Å²) in [6, 6.07) is 10.2. The second-order valence-electron chi connectivity index (χ2n) is 5.54. The number of amides is 1. The average molecular weight is 328 g/mol. The van der Waals surface area contributed by atoms with E-state index in [1.165, 1.54) is 16.0 Å². The third kappa shape index (κ3) is 3.67. The molecule has 1 amide bonds. The molecule has 0 bridgehead atoms. The monoisotopic (exact) mass is 328 g/mol. The normalized spacial score (nSPS) is 16.0. The maximum absolute atomic E-state index is 12.4. The minimum atomic E-state index is -0.0565. The van der Waals surface area contributed by atoms with Gasteiger partial charge in [0.1, 0.15) is 0 Å². The summed E-state index contributed by atoms with van der Waals surface area (Å²) in [6.45, 7) is 5.00. The van der Waals surface area contributed by atoms with E-state index in [0.29, 0.717) is 19.0 Å². The van der Waals surface area contributed by atoms with Gasteiger partial charge in [0.25, 0.3) is 0 Å². The van der Waals surface area contributed by atoms with E-state index < -0.39 is 0 Å². The number of benzene rings is 1. The highest BCUT2D eigenvalue weighted by Gasteiger charge is 2.28. The second kappa shape index (κ2) is 7.04. The SMILES string of the molecule is CCOc1ncccc1CNC(=O)[C@@H]1Cc2ccc(C)cc2S1. The molecule has 1 aromatic carbocycles.